The Hall–Kier alpha value is -3.48. The van der Waals surface area contributed by atoms with Crippen molar-refractivity contribution in [3.8, 4) is 0 Å². The second kappa shape index (κ2) is 7.65. The Bertz CT molecular complexity index is 1300. The van der Waals surface area contributed by atoms with Crippen molar-refractivity contribution < 1.29 is 9.21 Å². The number of benzene rings is 2. The maximum atomic E-state index is 13.4. The molecule has 0 unspecified atom stereocenters. The zero-order valence-corrected chi connectivity index (χ0v) is 17.6. The second-order valence-corrected chi connectivity index (χ2v) is 8.32. The summed E-state index contributed by atoms with van der Waals surface area (Å²) in [5.74, 6) is 0.789. The predicted molar refractivity (Wildman–Crippen MR) is 118 cm³/mol. The number of rotatable bonds is 3. The molecule has 0 saturated carbocycles. The minimum atomic E-state index is -0.170. The molecule has 4 aromatic rings. The van der Waals surface area contributed by atoms with Crippen LogP contribution in [0, 0.1) is 0 Å². The van der Waals surface area contributed by atoms with Crippen molar-refractivity contribution in [1.29, 1.82) is 0 Å². The summed E-state index contributed by atoms with van der Waals surface area (Å²) in [7, 11) is 0. The Morgan fingerprint density at radius 2 is 1.71 bits per heavy atom. The highest BCUT2D eigenvalue weighted by Gasteiger charge is 2.29. The molecule has 0 aliphatic carbocycles. The molecule has 1 aliphatic rings. The van der Waals surface area contributed by atoms with Crippen LogP contribution in [0.3, 0.4) is 0 Å². The Labute approximate surface area is 179 Å². The Morgan fingerprint density at radius 3 is 2.42 bits per heavy atom. The third-order valence-electron chi connectivity index (χ3n) is 5.96. The van der Waals surface area contributed by atoms with Crippen molar-refractivity contribution in [2.75, 3.05) is 13.1 Å². The average Bonchev–Trinajstić information content (AvgIpc) is 3.23. The number of para-hydroxylation sites is 2. The molecule has 0 radical (unpaired) electrons. The van der Waals surface area contributed by atoms with Gasteiger partial charge in [-0.2, -0.15) is 5.10 Å². The summed E-state index contributed by atoms with van der Waals surface area (Å²) in [6, 6.07) is 14.8. The maximum absolute atomic E-state index is 13.4. The Kier molecular flexibility index (Phi) is 4.81. The number of likely N-dealkylation sites (tertiary alicyclic amines) is 1. The number of piperidine rings is 1. The van der Waals surface area contributed by atoms with Gasteiger partial charge in [0.25, 0.3) is 11.5 Å². The van der Waals surface area contributed by atoms with E-state index in [-0.39, 0.29) is 23.4 Å². The molecule has 7 heteroatoms. The fourth-order valence-corrected chi connectivity index (χ4v) is 4.26. The minimum absolute atomic E-state index is 0.131. The lowest BCUT2D eigenvalue weighted by atomic mass is 9.96. The molecule has 7 nitrogen and oxygen atoms in total. The number of carbonyl (C=O) groups excluding carboxylic acids is 1. The van der Waals surface area contributed by atoms with Crippen LogP contribution >= 0.6 is 0 Å². The van der Waals surface area contributed by atoms with E-state index in [1.165, 1.54) is 4.68 Å². The summed E-state index contributed by atoms with van der Waals surface area (Å²) in [4.78, 5) is 32.6. The number of oxazole rings is 1. The molecular weight excluding hydrogens is 392 g/mol. The van der Waals surface area contributed by atoms with E-state index in [9.17, 15) is 9.59 Å². The first-order valence-electron chi connectivity index (χ1n) is 10.7. The molecule has 0 N–H and O–H groups in total. The van der Waals surface area contributed by atoms with E-state index in [2.05, 4.69) is 10.1 Å². The number of carbonyl (C=O) groups is 1. The van der Waals surface area contributed by atoms with Gasteiger partial charge in [-0.1, -0.05) is 30.3 Å². The minimum Gasteiger partial charge on any atom is -0.440 e. The summed E-state index contributed by atoms with van der Waals surface area (Å²) in [6.45, 7) is 4.98. The standard InChI is InChI=1S/C24H24N4O3/c1-15(2)28-23(29)18-8-4-3-7-17(18)21(26-28)24(30)27-13-11-16(12-14-27)22-25-19-9-5-6-10-20(19)31-22/h3-10,15-16H,11-14H2,1-2H3. The lowest BCUT2D eigenvalue weighted by Gasteiger charge is -2.30. The maximum Gasteiger partial charge on any atom is 0.274 e. The molecule has 2 aromatic carbocycles. The summed E-state index contributed by atoms with van der Waals surface area (Å²) < 4.78 is 7.34. The molecule has 1 fully saturated rings. The van der Waals surface area contributed by atoms with Gasteiger partial charge in [0, 0.05) is 24.4 Å². The summed E-state index contributed by atoms with van der Waals surface area (Å²) in [5.41, 5.74) is 1.83. The monoisotopic (exact) mass is 416 g/mol. The van der Waals surface area contributed by atoms with Crippen LogP contribution in [0.5, 0.6) is 0 Å². The van der Waals surface area contributed by atoms with Gasteiger partial charge in [0.2, 0.25) is 0 Å². The van der Waals surface area contributed by atoms with Crippen LogP contribution in [-0.2, 0) is 0 Å². The van der Waals surface area contributed by atoms with Gasteiger partial charge >= 0.3 is 0 Å². The first-order chi connectivity index (χ1) is 15.0. The third kappa shape index (κ3) is 3.40. The van der Waals surface area contributed by atoms with Crippen LogP contribution in [0.4, 0.5) is 0 Å². The first kappa shape index (κ1) is 19.5. The number of nitrogens with zero attached hydrogens (tertiary/aromatic N) is 4. The van der Waals surface area contributed by atoms with Gasteiger partial charge in [-0.15, -0.1) is 0 Å². The largest absolute Gasteiger partial charge is 0.440 e. The highest BCUT2D eigenvalue weighted by molar-refractivity contribution is 6.04. The number of hydrogen-bond acceptors (Lipinski definition) is 5. The molecule has 0 atom stereocenters. The molecule has 5 rings (SSSR count). The fourth-order valence-electron chi connectivity index (χ4n) is 4.26. The zero-order chi connectivity index (χ0) is 21.5. The SMILES string of the molecule is CC(C)n1nc(C(=O)N2CCC(c3nc4ccccc4o3)CC2)c2ccccc2c1=O. The molecule has 1 amide bonds. The van der Waals surface area contributed by atoms with Gasteiger partial charge in [0.1, 0.15) is 5.52 Å². The zero-order valence-electron chi connectivity index (χ0n) is 17.6. The third-order valence-corrected chi connectivity index (χ3v) is 5.96. The van der Waals surface area contributed by atoms with Crippen LogP contribution in [0.1, 0.15) is 55.0 Å². The van der Waals surface area contributed by atoms with Crippen molar-refractivity contribution in [2.24, 2.45) is 0 Å². The molecule has 1 saturated heterocycles. The molecule has 1 aliphatic heterocycles. The van der Waals surface area contributed by atoms with E-state index in [4.69, 9.17) is 4.42 Å². The summed E-state index contributed by atoms with van der Waals surface area (Å²) in [6.07, 6.45) is 1.56. The predicted octanol–water partition coefficient (Wildman–Crippen LogP) is 4.14. The molecule has 0 spiro atoms. The van der Waals surface area contributed by atoms with Crippen molar-refractivity contribution in [3.63, 3.8) is 0 Å². The smallest absolute Gasteiger partial charge is 0.274 e. The van der Waals surface area contributed by atoms with Crippen LogP contribution in [0.25, 0.3) is 21.9 Å². The molecule has 2 aromatic heterocycles. The highest BCUT2D eigenvalue weighted by atomic mass is 16.3. The number of fused-ring (bicyclic) bond motifs is 2. The molecule has 0 bridgehead atoms. The van der Waals surface area contributed by atoms with Crippen LogP contribution in [-0.4, -0.2) is 38.7 Å². The second-order valence-electron chi connectivity index (χ2n) is 8.32. The molecular formula is C24H24N4O3. The van der Waals surface area contributed by atoms with Crippen molar-refractivity contribution in [2.45, 2.75) is 38.6 Å². The van der Waals surface area contributed by atoms with Gasteiger partial charge < -0.3 is 9.32 Å². The van der Waals surface area contributed by atoms with E-state index in [1.807, 2.05) is 55.1 Å². The van der Waals surface area contributed by atoms with Crippen LogP contribution in [0.15, 0.2) is 57.7 Å². The normalized spacial score (nSPS) is 15.3. The van der Waals surface area contributed by atoms with Crippen molar-refractivity contribution in [3.05, 3.63) is 70.5 Å². The lowest BCUT2D eigenvalue weighted by molar-refractivity contribution is 0.0700. The Balaban J connectivity index is 1.41. The Morgan fingerprint density at radius 1 is 1.03 bits per heavy atom. The molecule has 158 valence electrons. The topological polar surface area (TPSA) is 81.2 Å². The van der Waals surface area contributed by atoms with Gasteiger partial charge in [0.15, 0.2) is 17.2 Å². The number of hydrogen-bond donors (Lipinski definition) is 0. The molecule has 3 heterocycles. The van der Waals surface area contributed by atoms with Gasteiger partial charge in [-0.05, 0) is 44.9 Å². The molecule has 31 heavy (non-hydrogen) atoms. The van der Waals surface area contributed by atoms with Gasteiger partial charge in [-0.3, -0.25) is 9.59 Å². The van der Waals surface area contributed by atoms with E-state index < -0.39 is 0 Å². The van der Waals surface area contributed by atoms with Crippen LogP contribution in [0.2, 0.25) is 0 Å². The summed E-state index contributed by atoms with van der Waals surface area (Å²) >= 11 is 0. The number of amides is 1. The van der Waals surface area contributed by atoms with E-state index >= 15 is 0 Å². The quantitative estimate of drug-likeness (QED) is 0.501. The number of aromatic nitrogens is 3. The van der Waals surface area contributed by atoms with E-state index in [0.29, 0.717) is 29.6 Å². The van der Waals surface area contributed by atoms with Gasteiger partial charge in [-0.25, -0.2) is 9.67 Å². The highest BCUT2D eigenvalue weighted by Crippen LogP contribution is 2.30. The van der Waals surface area contributed by atoms with E-state index in [1.54, 1.807) is 12.1 Å². The summed E-state index contributed by atoms with van der Waals surface area (Å²) in [5, 5.41) is 5.59. The average molecular weight is 416 g/mol. The first-order valence-corrected chi connectivity index (χ1v) is 10.7. The van der Waals surface area contributed by atoms with E-state index in [0.717, 1.165) is 29.8 Å². The van der Waals surface area contributed by atoms with Crippen molar-refractivity contribution >= 4 is 27.8 Å². The van der Waals surface area contributed by atoms with Crippen molar-refractivity contribution in [1.82, 2.24) is 19.7 Å². The lowest BCUT2D eigenvalue weighted by Crippen LogP contribution is -2.39. The fraction of sp³-hybridized carbons (Fsp3) is 0.333. The van der Waals surface area contributed by atoms with Crippen LogP contribution < -0.4 is 5.56 Å². The van der Waals surface area contributed by atoms with Gasteiger partial charge in [0.05, 0.1) is 11.4 Å².